The van der Waals surface area contributed by atoms with Gasteiger partial charge in [0.15, 0.2) is 0 Å². The van der Waals surface area contributed by atoms with Gasteiger partial charge in [0.1, 0.15) is 6.07 Å². The van der Waals surface area contributed by atoms with Crippen LogP contribution in [-0.4, -0.2) is 16.8 Å². The van der Waals surface area contributed by atoms with Crippen molar-refractivity contribution in [1.29, 1.82) is 5.26 Å². The second kappa shape index (κ2) is 7.58. The average molecular weight is 423 g/mol. The van der Waals surface area contributed by atoms with Crippen LogP contribution < -0.4 is 4.90 Å². The fourth-order valence-corrected chi connectivity index (χ4v) is 3.95. The number of aryl methyl sites for hydroxylation is 3. The van der Waals surface area contributed by atoms with Gasteiger partial charge in [0.05, 0.1) is 11.3 Å². The van der Waals surface area contributed by atoms with Gasteiger partial charge >= 0.3 is 0 Å². The molecule has 0 radical (unpaired) electrons. The minimum atomic E-state index is 0.635. The zero-order valence-corrected chi connectivity index (χ0v) is 17.9. The van der Waals surface area contributed by atoms with Crippen LogP contribution in [0, 0.1) is 32.1 Å². The number of nitriles is 1. The Labute approximate surface area is 169 Å². The summed E-state index contributed by atoms with van der Waals surface area (Å²) in [6.45, 7) is 9.28. The van der Waals surface area contributed by atoms with Crippen molar-refractivity contribution in [3.63, 3.8) is 0 Å². The molecule has 0 amide bonds. The van der Waals surface area contributed by atoms with Crippen LogP contribution in [0.5, 0.6) is 0 Å². The molecule has 0 spiro atoms. The minimum absolute atomic E-state index is 0.635. The Kier molecular flexibility index (Phi) is 5.38. The third kappa shape index (κ3) is 3.50. The van der Waals surface area contributed by atoms with Gasteiger partial charge in [0, 0.05) is 40.7 Å². The number of hydrogen-bond donors (Lipinski definition) is 0. The highest BCUT2D eigenvalue weighted by atomic mass is 79.9. The molecule has 3 rings (SSSR count). The van der Waals surface area contributed by atoms with Crippen molar-refractivity contribution in [3.05, 3.63) is 63.4 Å². The van der Waals surface area contributed by atoms with Gasteiger partial charge in [-0.25, -0.2) is 0 Å². The third-order valence-electron chi connectivity index (χ3n) is 5.00. The standard InChI is InChI=1S/C22H23BrN4/c1-6-27-16(4)22(15(3)25-27)17-8-7-14(2)21(11-17)26(5)19-10-9-18(13-24)20(23)12-19/h7-12H,6H2,1-5H3. The highest BCUT2D eigenvalue weighted by Crippen LogP contribution is 2.35. The summed E-state index contributed by atoms with van der Waals surface area (Å²) in [7, 11) is 2.05. The molecule has 0 saturated carbocycles. The first-order chi connectivity index (χ1) is 12.9. The van der Waals surface area contributed by atoms with Gasteiger partial charge < -0.3 is 4.90 Å². The molecule has 1 aromatic heterocycles. The molecule has 0 aliphatic heterocycles. The molecule has 0 fully saturated rings. The van der Waals surface area contributed by atoms with Crippen molar-refractivity contribution in [2.75, 3.05) is 11.9 Å². The first kappa shape index (κ1) is 19.2. The van der Waals surface area contributed by atoms with E-state index in [2.05, 4.69) is 84.9 Å². The van der Waals surface area contributed by atoms with Gasteiger partial charge in [0.2, 0.25) is 0 Å². The molecule has 0 N–H and O–H groups in total. The van der Waals surface area contributed by atoms with E-state index in [1.165, 1.54) is 22.4 Å². The van der Waals surface area contributed by atoms with E-state index in [0.717, 1.165) is 28.1 Å². The van der Waals surface area contributed by atoms with Gasteiger partial charge in [-0.3, -0.25) is 4.68 Å². The fourth-order valence-electron chi connectivity index (χ4n) is 3.49. The van der Waals surface area contributed by atoms with E-state index < -0.39 is 0 Å². The second-order valence-corrected chi connectivity index (χ2v) is 7.55. The maximum Gasteiger partial charge on any atom is 0.100 e. The number of benzene rings is 2. The number of rotatable bonds is 4. The summed E-state index contributed by atoms with van der Waals surface area (Å²) >= 11 is 3.49. The van der Waals surface area contributed by atoms with E-state index in [0.29, 0.717) is 5.56 Å². The van der Waals surface area contributed by atoms with Crippen LogP contribution >= 0.6 is 15.9 Å². The summed E-state index contributed by atoms with van der Waals surface area (Å²) in [4.78, 5) is 2.15. The summed E-state index contributed by atoms with van der Waals surface area (Å²) in [6.07, 6.45) is 0. The molecule has 4 nitrogen and oxygen atoms in total. The van der Waals surface area contributed by atoms with Gasteiger partial charge in [-0.15, -0.1) is 0 Å². The summed E-state index contributed by atoms with van der Waals surface area (Å²) < 4.78 is 2.85. The largest absolute Gasteiger partial charge is 0.344 e. The Morgan fingerprint density at radius 1 is 1.15 bits per heavy atom. The Morgan fingerprint density at radius 2 is 1.89 bits per heavy atom. The van der Waals surface area contributed by atoms with Crippen LogP contribution in [0.3, 0.4) is 0 Å². The Balaban J connectivity index is 2.08. The third-order valence-corrected chi connectivity index (χ3v) is 5.66. The summed E-state index contributed by atoms with van der Waals surface area (Å²) in [5.74, 6) is 0. The molecular formula is C22H23BrN4. The number of hydrogen-bond acceptors (Lipinski definition) is 3. The molecule has 1 heterocycles. The van der Waals surface area contributed by atoms with Crippen molar-refractivity contribution in [3.8, 4) is 17.2 Å². The second-order valence-electron chi connectivity index (χ2n) is 6.70. The lowest BCUT2D eigenvalue weighted by molar-refractivity contribution is 0.634. The molecule has 0 aliphatic rings. The maximum atomic E-state index is 9.14. The smallest absolute Gasteiger partial charge is 0.100 e. The van der Waals surface area contributed by atoms with Crippen LogP contribution in [0.1, 0.15) is 29.4 Å². The molecule has 0 bridgehead atoms. The van der Waals surface area contributed by atoms with Gasteiger partial charge in [0.25, 0.3) is 0 Å². The van der Waals surface area contributed by atoms with Crippen LogP contribution in [0.4, 0.5) is 11.4 Å². The summed E-state index contributed by atoms with van der Waals surface area (Å²) in [6, 6.07) is 14.5. The van der Waals surface area contributed by atoms with Crippen molar-refractivity contribution < 1.29 is 0 Å². The summed E-state index contributed by atoms with van der Waals surface area (Å²) in [5, 5.41) is 13.8. The van der Waals surface area contributed by atoms with Gasteiger partial charge in [-0.2, -0.15) is 10.4 Å². The van der Waals surface area contributed by atoms with E-state index >= 15 is 0 Å². The Hall–Kier alpha value is -2.58. The van der Waals surface area contributed by atoms with Crippen molar-refractivity contribution >= 4 is 27.3 Å². The molecule has 5 heteroatoms. The number of halogens is 1. The van der Waals surface area contributed by atoms with E-state index in [1.54, 1.807) is 0 Å². The van der Waals surface area contributed by atoms with E-state index in [4.69, 9.17) is 5.26 Å². The van der Waals surface area contributed by atoms with Crippen LogP contribution in [0.15, 0.2) is 40.9 Å². The molecule has 0 saturated heterocycles. The predicted octanol–water partition coefficient (Wildman–Crippen LogP) is 5.90. The van der Waals surface area contributed by atoms with E-state index in [-0.39, 0.29) is 0 Å². The molecule has 2 aromatic carbocycles. The van der Waals surface area contributed by atoms with Crippen molar-refractivity contribution in [2.24, 2.45) is 0 Å². The van der Waals surface area contributed by atoms with Crippen molar-refractivity contribution in [2.45, 2.75) is 34.2 Å². The van der Waals surface area contributed by atoms with E-state index in [1.807, 2.05) is 22.9 Å². The van der Waals surface area contributed by atoms with Crippen LogP contribution in [0.25, 0.3) is 11.1 Å². The number of nitrogens with zero attached hydrogens (tertiary/aromatic N) is 4. The molecular weight excluding hydrogens is 400 g/mol. The predicted molar refractivity (Wildman–Crippen MR) is 114 cm³/mol. The first-order valence-corrected chi connectivity index (χ1v) is 9.75. The highest BCUT2D eigenvalue weighted by Gasteiger charge is 2.16. The SMILES string of the molecule is CCn1nc(C)c(-c2ccc(C)c(N(C)c3ccc(C#N)c(Br)c3)c2)c1C. The molecule has 0 aliphatic carbocycles. The Bertz CT molecular complexity index is 1040. The zero-order valence-electron chi connectivity index (χ0n) is 16.3. The van der Waals surface area contributed by atoms with Crippen LogP contribution in [-0.2, 0) is 6.54 Å². The molecule has 0 unspecified atom stereocenters. The van der Waals surface area contributed by atoms with Crippen LogP contribution in [0.2, 0.25) is 0 Å². The van der Waals surface area contributed by atoms with Gasteiger partial charge in [-0.05, 0) is 79.0 Å². The lowest BCUT2D eigenvalue weighted by Crippen LogP contribution is -2.11. The first-order valence-electron chi connectivity index (χ1n) is 8.95. The molecule has 0 atom stereocenters. The normalized spacial score (nSPS) is 10.7. The number of aromatic nitrogens is 2. The average Bonchev–Trinajstić information content (AvgIpc) is 2.95. The van der Waals surface area contributed by atoms with E-state index in [9.17, 15) is 0 Å². The lowest BCUT2D eigenvalue weighted by atomic mass is 10.0. The lowest BCUT2D eigenvalue weighted by Gasteiger charge is -2.23. The summed E-state index contributed by atoms with van der Waals surface area (Å²) in [5.41, 5.74) is 8.60. The Morgan fingerprint density at radius 3 is 2.48 bits per heavy atom. The van der Waals surface area contributed by atoms with Gasteiger partial charge in [-0.1, -0.05) is 12.1 Å². The molecule has 138 valence electrons. The molecule has 27 heavy (non-hydrogen) atoms. The minimum Gasteiger partial charge on any atom is -0.344 e. The topological polar surface area (TPSA) is 44.9 Å². The number of anilines is 2. The highest BCUT2D eigenvalue weighted by molar-refractivity contribution is 9.10. The zero-order chi connectivity index (χ0) is 19.7. The fraction of sp³-hybridized carbons (Fsp3) is 0.273. The van der Waals surface area contributed by atoms with Crippen molar-refractivity contribution in [1.82, 2.24) is 9.78 Å². The monoisotopic (exact) mass is 422 g/mol. The molecule has 3 aromatic rings. The quantitative estimate of drug-likeness (QED) is 0.525. The maximum absolute atomic E-state index is 9.14.